The van der Waals surface area contributed by atoms with Gasteiger partial charge in [0, 0.05) is 12.7 Å². The summed E-state index contributed by atoms with van der Waals surface area (Å²) < 4.78 is 0. The molecule has 0 saturated heterocycles. The average molecular weight is 219 g/mol. The molecule has 1 aromatic rings. The molecule has 1 aromatic carbocycles. The summed E-state index contributed by atoms with van der Waals surface area (Å²) in [6.45, 7) is 4.13. The molecule has 3 nitrogen and oxygen atoms in total. The maximum absolute atomic E-state index is 11.1. The zero-order chi connectivity index (χ0) is 11.9. The Balaban J connectivity index is 2.50. The lowest BCUT2D eigenvalue weighted by Crippen LogP contribution is -2.42. The first-order valence-corrected chi connectivity index (χ1v) is 5.57. The van der Waals surface area contributed by atoms with Crippen LogP contribution in [0.4, 0.5) is 5.69 Å². The Morgan fingerprint density at radius 2 is 2.12 bits per heavy atom. The normalized spacial score (nSPS) is 19.4. The number of anilines is 1. The van der Waals surface area contributed by atoms with E-state index in [0.717, 1.165) is 12.1 Å². The molecule has 1 aliphatic rings. The van der Waals surface area contributed by atoms with Crippen molar-refractivity contribution in [2.45, 2.75) is 32.7 Å². The van der Waals surface area contributed by atoms with Gasteiger partial charge in [0.05, 0.1) is 0 Å². The van der Waals surface area contributed by atoms with Crippen molar-refractivity contribution in [2.75, 3.05) is 11.9 Å². The van der Waals surface area contributed by atoms with Crippen molar-refractivity contribution in [3.63, 3.8) is 0 Å². The summed E-state index contributed by atoms with van der Waals surface area (Å²) in [5.41, 5.74) is 4.80. The van der Waals surface area contributed by atoms with Crippen LogP contribution in [0.2, 0.25) is 0 Å². The van der Waals surface area contributed by atoms with Gasteiger partial charge in [-0.1, -0.05) is 12.1 Å². The lowest BCUT2D eigenvalue weighted by Gasteiger charge is -2.35. The van der Waals surface area contributed by atoms with Crippen LogP contribution in [0, 0.1) is 13.8 Å². The van der Waals surface area contributed by atoms with Gasteiger partial charge in [0.25, 0.3) is 0 Å². The van der Waals surface area contributed by atoms with E-state index in [2.05, 4.69) is 26.0 Å². The highest BCUT2D eigenvalue weighted by atomic mass is 16.4. The van der Waals surface area contributed by atoms with Gasteiger partial charge in [-0.25, -0.2) is 4.79 Å². The number of carbonyl (C=O) groups is 1. The predicted octanol–water partition coefficient (Wildman–Crippen LogP) is 2.14. The van der Waals surface area contributed by atoms with E-state index in [0.29, 0.717) is 6.42 Å². The molecule has 3 heteroatoms. The van der Waals surface area contributed by atoms with E-state index in [1.807, 2.05) is 11.9 Å². The van der Waals surface area contributed by atoms with Crippen LogP contribution in [-0.2, 0) is 11.2 Å². The van der Waals surface area contributed by atoms with Crippen LogP contribution < -0.4 is 4.90 Å². The number of aryl methyl sites for hydroxylation is 2. The van der Waals surface area contributed by atoms with Gasteiger partial charge in [-0.05, 0) is 43.4 Å². The van der Waals surface area contributed by atoms with Crippen molar-refractivity contribution < 1.29 is 9.90 Å². The molecule has 1 atom stereocenters. The molecule has 16 heavy (non-hydrogen) atoms. The molecule has 1 N–H and O–H groups in total. The topological polar surface area (TPSA) is 40.5 Å². The van der Waals surface area contributed by atoms with Gasteiger partial charge >= 0.3 is 5.97 Å². The number of hydrogen-bond donors (Lipinski definition) is 1. The van der Waals surface area contributed by atoms with Crippen LogP contribution in [0.1, 0.15) is 23.1 Å². The third-order valence-electron chi connectivity index (χ3n) is 3.58. The highest BCUT2D eigenvalue weighted by Crippen LogP contribution is 2.34. The molecule has 1 unspecified atom stereocenters. The summed E-state index contributed by atoms with van der Waals surface area (Å²) in [6.07, 6.45) is 1.55. The van der Waals surface area contributed by atoms with E-state index < -0.39 is 5.97 Å². The maximum Gasteiger partial charge on any atom is 0.326 e. The van der Waals surface area contributed by atoms with Crippen LogP contribution in [-0.4, -0.2) is 24.2 Å². The van der Waals surface area contributed by atoms with E-state index in [1.54, 1.807) is 0 Å². The van der Waals surface area contributed by atoms with Gasteiger partial charge in [0.2, 0.25) is 0 Å². The van der Waals surface area contributed by atoms with E-state index in [1.165, 1.54) is 16.7 Å². The summed E-state index contributed by atoms with van der Waals surface area (Å²) >= 11 is 0. The van der Waals surface area contributed by atoms with Crippen molar-refractivity contribution in [3.05, 3.63) is 28.8 Å². The summed E-state index contributed by atoms with van der Waals surface area (Å²) in [4.78, 5) is 13.0. The number of nitrogens with zero attached hydrogens (tertiary/aromatic N) is 1. The third-order valence-corrected chi connectivity index (χ3v) is 3.58. The Morgan fingerprint density at radius 1 is 1.44 bits per heavy atom. The Morgan fingerprint density at radius 3 is 2.75 bits per heavy atom. The van der Waals surface area contributed by atoms with Crippen molar-refractivity contribution >= 4 is 11.7 Å². The molecule has 0 spiro atoms. The number of benzene rings is 1. The summed E-state index contributed by atoms with van der Waals surface area (Å²) in [6, 6.07) is 3.85. The molecule has 1 aliphatic heterocycles. The fraction of sp³-hybridized carbons (Fsp3) is 0.462. The first-order valence-electron chi connectivity index (χ1n) is 5.57. The van der Waals surface area contributed by atoms with Crippen LogP contribution in [0.5, 0.6) is 0 Å². The highest BCUT2D eigenvalue weighted by Gasteiger charge is 2.29. The highest BCUT2D eigenvalue weighted by molar-refractivity contribution is 5.80. The monoisotopic (exact) mass is 219 g/mol. The third kappa shape index (κ3) is 1.56. The molecule has 0 fully saturated rings. The fourth-order valence-corrected chi connectivity index (χ4v) is 2.48. The van der Waals surface area contributed by atoms with Gasteiger partial charge < -0.3 is 10.0 Å². The zero-order valence-corrected chi connectivity index (χ0v) is 9.95. The smallest absolute Gasteiger partial charge is 0.326 e. The van der Waals surface area contributed by atoms with Gasteiger partial charge in [0.1, 0.15) is 6.04 Å². The number of rotatable bonds is 1. The minimum Gasteiger partial charge on any atom is -0.480 e. The first kappa shape index (κ1) is 11.0. The Hall–Kier alpha value is -1.51. The summed E-state index contributed by atoms with van der Waals surface area (Å²) in [5, 5.41) is 9.15. The van der Waals surface area contributed by atoms with Gasteiger partial charge in [-0.15, -0.1) is 0 Å². The molecule has 0 amide bonds. The zero-order valence-electron chi connectivity index (χ0n) is 9.95. The number of aliphatic carboxylic acids is 1. The molecule has 0 bridgehead atoms. The molecule has 1 heterocycles. The van der Waals surface area contributed by atoms with Crippen molar-refractivity contribution in [2.24, 2.45) is 0 Å². The van der Waals surface area contributed by atoms with Gasteiger partial charge in [0.15, 0.2) is 0 Å². The second-order valence-electron chi connectivity index (χ2n) is 4.52. The molecule has 86 valence electrons. The predicted molar refractivity (Wildman–Crippen MR) is 64.1 cm³/mol. The molecular formula is C13H17NO2. The van der Waals surface area contributed by atoms with Crippen LogP contribution in [0.25, 0.3) is 0 Å². The van der Waals surface area contributed by atoms with Crippen molar-refractivity contribution in [1.82, 2.24) is 0 Å². The molecule has 0 saturated carbocycles. The fourth-order valence-electron chi connectivity index (χ4n) is 2.48. The number of likely N-dealkylation sites (N-methyl/N-ethyl adjacent to an activating group) is 1. The van der Waals surface area contributed by atoms with Crippen molar-refractivity contribution in [1.29, 1.82) is 0 Å². The summed E-state index contributed by atoms with van der Waals surface area (Å²) in [7, 11) is 1.88. The maximum atomic E-state index is 11.1. The lowest BCUT2D eigenvalue weighted by molar-refractivity contribution is -0.138. The van der Waals surface area contributed by atoms with Crippen LogP contribution >= 0.6 is 0 Å². The minimum atomic E-state index is -0.728. The minimum absolute atomic E-state index is 0.381. The summed E-state index contributed by atoms with van der Waals surface area (Å²) in [5.74, 6) is -0.728. The average Bonchev–Trinajstić information content (AvgIpc) is 2.23. The SMILES string of the molecule is Cc1ccc2c(c1C)N(C)C(C(=O)O)CC2. The number of fused-ring (bicyclic) bond motifs is 1. The Bertz CT molecular complexity index is 440. The van der Waals surface area contributed by atoms with Crippen molar-refractivity contribution in [3.8, 4) is 0 Å². The number of carboxylic acid groups (broad SMARTS) is 1. The Labute approximate surface area is 95.7 Å². The number of carboxylic acids is 1. The van der Waals surface area contributed by atoms with Crippen LogP contribution in [0.3, 0.4) is 0 Å². The molecule has 0 aromatic heterocycles. The Kier molecular flexibility index (Phi) is 2.62. The van der Waals surface area contributed by atoms with Gasteiger partial charge in [-0.2, -0.15) is 0 Å². The van der Waals surface area contributed by atoms with E-state index >= 15 is 0 Å². The standard InChI is InChI=1S/C13H17NO2/c1-8-4-5-10-6-7-11(13(15)16)14(3)12(10)9(8)2/h4-5,11H,6-7H2,1-3H3,(H,15,16). The largest absolute Gasteiger partial charge is 0.480 e. The molecular weight excluding hydrogens is 202 g/mol. The molecule has 0 radical (unpaired) electrons. The molecule has 0 aliphatic carbocycles. The van der Waals surface area contributed by atoms with Gasteiger partial charge in [-0.3, -0.25) is 0 Å². The van der Waals surface area contributed by atoms with E-state index in [4.69, 9.17) is 5.11 Å². The quantitative estimate of drug-likeness (QED) is 0.786. The first-order chi connectivity index (χ1) is 7.52. The lowest BCUT2D eigenvalue weighted by atomic mass is 9.92. The van der Waals surface area contributed by atoms with Crippen LogP contribution in [0.15, 0.2) is 12.1 Å². The second-order valence-corrected chi connectivity index (χ2v) is 4.52. The number of hydrogen-bond acceptors (Lipinski definition) is 2. The van der Waals surface area contributed by atoms with E-state index in [-0.39, 0.29) is 6.04 Å². The second kappa shape index (κ2) is 3.81. The molecule has 2 rings (SSSR count). The van der Waals surface area contributed by atoms with E-state index in [9.17, 15) is 4.79 Å².